The van der Waals surface area contributed by atoms with Crippen LogP contribution in [0.3, 0.4) is 0 Å². The van der Waals surface area contributed by atoms with Crippen LogP contribution in [0.4, 0.5) is 0 Å². The average Bonchev–Trinajstić information content (AvgIpc) is 3.56. The topological polar surface area (TPSA) is 73.2 Å². The van der Waals surface area contributed by atoms with E-state index in [2.05, 4.69) is 22.5 Å². The molecule has 0 radical (unpaired) electrons. The van der Waals surface area contributed by atoms with Crippen LogP contribution in [0, 0.1) is 0 Å². The number of benzene rings is 2. The van der Waals surface area contributed by atoms with Crippen molar-refractivity contribution in [2.24, 2.45) is 0 Å². The van der Waals surface area contributed by atoms with Crippen molar-refractivity contribution >= 4 is 11.9 Å². The van der Waals surface area contributed by atoms with Crippen LogP contribution in [0.15, 0.2) is 60.7 Å². The number of esters is 1. The van der Waals surface area contributed by atoms with Gasteiger partial charge in [-0.25, -0.2) is 9.48 Å². The smallest absolute Gasteiger partial charge is 0.357 e. The van der Waals surface area contributed by atoms with Gasteiger partial charge in [0.1, 0.15) is 0 Å². The maximum absolute atomic E-state index is 12.8. The summed E-state index contributed by atoms with van der Waals surface area (Å²) in [6.07, 6.45) is 5.13. The lowest BCUT2D eigenvalue weighted by Gasteiger charge is -2.26. The van der Waals surface area contributed by atoms with Gasteiger partial charge in [0.25, 0.3) is 5.91 Å². The first-order valence-corrected chi connectivity index (χ1v) is 10.9. The molecule has 1 saturated carbocycles. The van der Waals surface area contributed by atoms with Gasteiger partial charge >= 0.3 is 5.97 Å². The van der Waals surface area contributed by atoms with Crippen molar-refractivity contribution in [3.05, 3.63) is 83.2 Å². The number of fused-ring (bicyclic) bond motifs is 1. The van der Waals surface area contributed by atoms with Crippen molar-refractivity contribution < 1.29 is 14.3 Å². The number of hydrogen-bond acceptors (Lipinski definition) is 4. The van der Waals surface area contributed by atoms with E-state index in [0.29, 0.717) is 11.6 Å². The van der Waals surface area contributed by atoms with E-state index in [0.717, 1.165) is 49.0 Å². The first-order chi connectivity index (χ1) is 15.2. The Labute approximate surface area is 181 Å². The number of carbonyl (C=O) groups is 2. The number of ether oxygens (including phenoxy) is 1. The molecule has 1 heterocycles. The molecule has 2 aromatic carbocycles. The summed E-state index contributed by atoms with van der Waals surface area (Å²) in [5.41, 5.74) is 4.48. The van der Waals surface area contributed by atoms with E-state index in [9.17, 15) is 9.59 Å². The standard InChI is InChI=1S/C25H25N3O3/c29-24(26-21-12-6-8-17-7-4-5-11-20(17)21)16-31-25(30)23-15-22(18-13-14-18)27-28(23)19-9-2-1-3-10-19/h1-5,7,9-11,15,18,21H,6,8,12-14,16H2,(H,26,29)/t21-/m1/s1. The van der Waals surface area contributed by atoms with Crippen LogP contribution in [0.1, 0.15) is 65.0 Å². The summed E-state index contributed by atoms with van der Waals surface area (Å²) in [5.74, 6) is -0.420. The van der Waals surface area contributed by atoms with Crippen molar-refractivity contribution in [3.8, 4) is 5.69 Å². The first kappa shape index (κ1) is 19.5. The molecule has 0 saturated heterocycles. The number of rotatable bonds is 6. The number of aryl methyl sites for hydroxylation is 1. The number of para-hydroxylation sites is 1. The van der Waals surface area contributed by atoms with Crippen molar-refractivity contribution in [2.45, 2.75) is 44.1 Å². The molecule has 1 fully saturated rings. The fourth-order valence-corrected chi connectivity index (χ4v) is 4.23. The van der Waals surface area contributed by atoms with Crippen molar-refractivity contribution in [2.75, 3.05) is 6.61 Å². The quantitative estimate of drug-likeness (QED) is 0.615. The summed E-state index contributed by atoms with van der Waals surface area (Å²) in [6, 6.07) is 19.5. The molecule has 3 aromatic rings. The van der Waals surface area contributed by atoms with E-state index in [4.69, 9.17) is 4.74 Å². The minimum Gasteiger partial charge on any atom is -0.451 e. The first-order valence-electron chi connectivity index (χ1n) is 10.9. The van der Waals surface area contributed by atoms with E-state index in [1.165, 1.54) is 5.56 Å². The summed E-state index contributed by atoms with van der Waals surface area (Å²) in [7, 11) is 0. The predicted molar refractivity (Wildman–Crippen MR) is 116 cm³/mol. The van der Waals surface area contributed by atoms with Gasteiger partial charge in [0, 0.05) is 5.92 Å². The molecule has 0 aliphatic heterocycles. The number of nitrogens with one attached hydrogen (secondary N) is 1. The molecule has 158 valence electrons. The SMILES string of the molecule is O=C(COC(=O)c1cc(C2CC2)nn1-c1ccccc1)N[C@@H]1CCCc2ccccc21. The van der Waals surface area contributed by atoms with Gasteiger partial charge in [0.2, 0.25) is 0 Å². The average molecular weight is 415 g/mol. The third-order valence-electron chi connectivity index (χ3n) is 5.97. The lowest BCUT2D eigenvalue weighted by Crippen LogP contribution is -2.34. The molecule has 0 spiro atoms. The third-order valence-corrected chi connectivity index (χ3v) is 5.97. The van der Waals surface area contributed by atoms with Crippen LogP contribution in [0.25, 0.3) is 5.69 Å². The van der Waals surface area contributed by atoms with Gasteiger partial charge in [0.15, 0.2) is 12.3 Å². The molecule has 31 heavy (non-hydrogen) atoms. The second-order valence-corrected chi connectivity index (χ2v) is 8.26. The summed E-state index contributed by atoms with van der Waals surface area (Å²) in [5, 5.41) is 7.65. The van der Waals surface area contributed by atoms with Crippen LogP contribution in [0.2, 0.25) is 0 Å². The monoisotopic (exact) mass is 415 g/mol. The Morgan fingerprint density at radius 1 is 1.03 bits per heavy atom. The second-order valence-electron chi connectivity index (χ2n) is 8.26. The Balaban J connectivity index is 1.26. The zero-order valence-electron chi connectivity index (χ0n) is 17.3. The minimum atomic E-state index is -0.539. The van der Waals surface area contributed by atoms with Crippen molar-refractivity contribution in [1.29, 1.82) is 0 Å². The summed E-state index contributed by atoms with van der Waals surface area (Å²) in [6.45, 7) is -0.309. The fourth-order valence-electron chi connectivity index (χ4n) is 4.23. The van der Waals surface area contributed by atoms with Crippen molar-refractivity contribution in [1.82, 2.24) is 15.1 Å². The molecule has 1 amide bonds. The highest BCUT2D eigenvalue weighted by molar-refractivity contribution is 5.90. The molecule has 1 atom stereocenters. The zero-order valence-corrected chi connectivity index (χ0v) is 17.3. The van der Waals surface area contributed by atoms with Gasteiger partial charge in [-0.2, -0.15) is 5.10 Å². The number of amides is 1. The Bertz CT molecular complexity index is 1100. The molecule has 2 aliphatic rings. The summed E-state index contributed by atoms with van der Waals surface area (Å²) >= 11 is 0. The molecule has 0 unspecified atom stereocenters. The number of hydrogen-bond donors (Lipinski definition) is 1. The van der Waals surface area contributed by atoms with Crippen LogP contribution in [-0.2, 0) is 16.0 Å². The van der Waals surface area contributed by atoms with Gasteiger partial charge < -0.3 is 10.1 Å². The van der Waals surface area contributed by atoms with E-state index in [-0.39, 0.29) is 18.6 Å². The molecular weight excluding hydrogens is 390 g/mol. The molecule has 0 bridgehead atoms. The Morgan fingerprint density at radius 2 is 1.81 bits per heavy atom. The van der Waals surface area contributed by atoms with Crippen molar-refractivity contribution in [3.63, 3.8) is 0 Å². The lowest BCUT2D eigenvalue weighted by molar-refractivity contribution is -0.125. The van der Waals surface area contributed by atoms with E-state index in [1.54, 1.807) is 10.7 Å². The fraction of sp³-hybridized carbons (Fsp3) is 0.320. The van der Waals surface area contributed by atoms with E-state index < -0.39 is 5.97 Å². The lowest BCUT2D eigenvalue weighted by atomic mass is 9.88. The van der Waals surface area contributed by atoms with Gasteiger partial charge in [-0.3, -0.25) is 4.79 Å². The maximum Gasteiger partial charge on any atom is 0.357 e. The Kier molecular flexibility index (Phi) is 5.28. The molecule has 2 aliphatic carbocycles. The summed E-state index contributed by atoms with van der Waals surface area (Å²) < 4.78 is 7.00. The molecule has 1 N–H and O–H groups in total. The molecular formula is C25H25N3O3. The van der Waals surface area contributed by atoms with Gasteiger partial charge in [0.05, 0.1) is 17.4 Å². The highest BCUT2D eigenvalue weighted by atomic mass is 16.5. The van der Waals surface area contributed by atoms with Crippen LogP contribution in [0.5, 0.6) is 0 Å². The maximum atomic E-state index is 12.8. The van der Waals surface area contributed by atoms with Gasteiger partial charge in [-0.15, -0.1) is 0 Å². The van der Waals surface area contributed by atoms with Crippen LogP contribution < -0.4 is 5.32 Å². The highest BCUT2D eigenvalue weighted by Crippen LogP contribution is 2.39. The minimum absolute atomic E-state index is 0.0348. The normalized spacial score (nSPS) is 17.6. The van der Waals surface area contributed by atoms with Crippen LogP contribution in [-0.4, -0.2) is 28.3 Å². The highest BCUT2D eigenvalue weighted by Gasteiger charge is 2.30. The number of aromatic nitrogens is 2. The summed E-state index contributed by atoms with van der Waals surface area (Å²) in [4.78, 5) is 25.4. The van der Waals surface area contributed by atoms with Gasteiger partial charge in [-0.05, 0) is 61.4 Å². The second kappa shape index (κ2) is 8.38. The number of carbonyl (C=O) groups excluding carboxylic acids is 2. The molecule has 5 rings (SSSR count). The Hall–Kier alpha value is -3.41. The third kappa shape index (κ3) is 4.24. The van der Waals surface area contributed by atoms with Gasteiger partial charge in [-0.1, -0.05) is 42.5 Å². The van der Waals surface area contributed by atoms with Crippen LogP contribution >= 0.6 is 0 Å². The molecule has 6 heteroatoms. The Morgan fingerprint density at radius 3 is 2.61 bits per heavy atom. The largest absolute Gasteiger partial charge is 0.451 e. The molecule has 1 aromatic heterocycles. The van der Waals surface area contributed by atoms with E-state index >= 15 is 0 Å². The zero-order chi connectivity index (χ0) is 21.2. The van der Waals surface area contributed by atoms with E-state index in [1.807, 2.05) is 42.5 Å². The molecule has 6 nitrogen and oxygen atoms in total. The number of nitrogens with zero attached hydrogens (tertiary/aromatic N) is 2. The predicted octanol–water partition coefficient (Wildman–Crippen LogP) is 4.10.